The molecule has 0 spiro atoms. The van der Waals surface area contributed by atoms with Crippen LogP contribution in [0.2, 0.25) is 5.02 Å². The number of nitrogens with one attached hydrogen (secondary N) is 1. The fraction of sp³-hybridized carbons (Fsp3) is 0.385. The lowest BCUT2D eigenvalue weighted by Crippen LogP contribution is -2.65. The first-order valence-electron chi connectivity index (χ1n) is 11.6. The van der Waals surface area contributed by atoms with Gasteiger partial charge in [-0.3, -0.25) is 9.59 Å². The van der Waals surface area contributed by atoms with Gasteiger partial charge in [-0.2, -0.15) is 0 Å². The number of halogens is 1. The SMILES string of the molecule is O=C1C2Cc3c([nH]c4ccccc34)C(c3cccc(Cl)c3)N2C(=O)CN1C1CCCCC1. The standard InChI is InChI=1S/C26H26ClN3O2/c27-17-8-6-7-16(13-17)25-24-20(19-11-4-5-12-21(19)28-24)14-22-26(32)29(15-23(31)30(22)25)18-9-2-1-3-10-18/h4-8,11-13,18,22,25,28H,1-3,9-10,14-15H2. The molecule has 1 aromatic heterocycles. The number of rotatable bonds is 2. The van der Waals surface area contributed by atoms with Crippen LogP contribution in [0, 0.1) is 0 Å². The fourth-order valence-electron chi connectivity index (χ4n) is 6.01. The van der Waals surface area contributed by atoms with Gasteiger partial charge in [0.05, 0.1) is 6.04 Å². The molecule has 5 nitrogen and oxygen atoms in total. The number of carbonyl (C=O) groups excluding carboxylic acids is 2. The third kappa shape index (κ3) is 3.06. The number of aromatic nitrogens is 1. The molecule has 2 aromatic carbocycles. The Hall–Kier alpha value is -2.79. The predicted molar refractivity (Wildman–Crippen MR) is 125 cm³/mol. The minimum absolute atomic E-state index is 0.0226. The van der Waals surface area contributed by atoms with Gasteiger partial charge in [0.25, 0.3) is 0 Å². The molecule has 2 fully saturated rings. The average Bonchev–Trinajstić information content (AvgIpc) is 3.19. The molecule has 1 saturated carbocycles. The summed E-state index contributed by atoms with van der Waals surface area (Å²) in [5.74, 6) is 0.119. The summed E-state index contributed by atoms with van der Waals surface area (Å²) in [6, 6.07) is 15.2. The molecule has 6 rings (SSSR count). The first-order valence-corrected chi connectivity index (χ1v) is 12.0. The van der Waals surface area contributed by atoms with Gasteiger partial charge in [0, 0.05) is 34.1 Å². The number of piperazine rings is 1. The molecule has 3 aromatic rings. The van der Waals surface area contributed by atoms with E-state index in [1.165, 1.54) is 6.42 Å². The highest BCUT2D eigenvalue weighted by molar-refractivity contribution is 6.30. The molecule has 1 aliphatic carbocycles. The number of benzene rings is 2. The van der Waals surface area contributed by atoms with E-state index < -0.39 is 6.04 Å². The maximum atomic E-state index is 13.8. The summed E-state index contributed by atoms with van der Waals surface area (Å²) >= 11 is 6.35. The van der Waals surface area contributed by atoms with Crippen LogP contribution in [0.15, 0.2) is 48.5 Å². The number of carbonyl (C=O) groups is 2. The maximum absolute atomic E-state index is 13.8. The van der Waals surface area contributed by atoms with Gasteiger partial charge in [0.15, 0.2) is 0 Å². The molecule has 32 heavy (non-hydrogen) atoms. The Bertz CT molecular complexity index is 1210. The topological polar surface area (TPSA) is 56.4 Å². The third-order valence-corrected chi connectivity index (χ3v) is 7.71. The smallest absolute Gasteiger partial charge is 0.246 e. The van der Waals surface area contributed by atoms with Gasteiger partial charge in [-0.05, 0) is 42.2 Å². The zero-order valence-electron chi connectivity index (χ0n) is 17.9. The molecular formula is C26H26ClN3O2. The number of amides is 2. The zero-order valence-corrected chi connectivity index (χ0v) is 18.6. The van der Waals surface area contributed by atoms with Crippen LogP contribution in [0.1, 0.15) is 55.0 Å². The molecule has 6 heteroatoms. The largest absolute Gasteiger partial charge is 0.356 e. The van der Waals surface area contributed by atoms with Crippen LogP contribution in [0.5, 0.6) is 0 Å². The minimum atomic E-state index is -0.478. The zero-order chi connectivity index (χ0) is 21.8. The summed E-state index contributed by atoms with van der Waals surface area (Å²) in [4.78, 5) is 34.7. The molecule has 0 bridgehead atoms. The number of para-hydroxylation sites is 1. The van der Waals surface area contributed by atoms with E-state index >= 15 is 0 Å². The van der Waals surface area contributed by atoms with Crippen LogP contribution < -0.4 is 0 Å². The highest BCUT2D eigenvalue weighted by Gasteiger charge is 2.49. The van der Waals surface area contributed by atoms with Crippen LogP contribution in [-0.2, 0) is 16.0 Å². The van der Waals surface area contributed by atoms with Crippen molar-refractivity contribution in [1.29, 1.82) is 0 Å². The van der Waals surface area contributed by atoms with E-state index in [9.17, 15) is 9.59 Å². The van der Waals surface area contributed by atoms with Gasteiger partial charge >= 0.3 is 0 Å². The predicted octanol–water partition coefficient (Wildman–Crippen LogP) is 4.84. The van der Waals surface area contributed by atoms with Crippen LogP contribution in [-0.4, -0.2) is 45.2 Å². The van der Waals surface area contributed by atoms with Crippen LogP contribution in [0.4, 0.5) is 0 Å². The van der Waals surface area contributed by atoms with Crippen molar-refractivity contribution in [2.45, 2.75) is 56.7 Å². The number of fused-ring (bicyclic) bond motifs is 4. The van der Waals surface area contributed by atoms with E-state index in [0.29, 0.717) is 11.4 Å². The summed E-state index contributed by atoms with van der Waals surface area (Å²) in [7, 11) is 0. The van der Waals surface area contributed by atoms with Gasteiger partial charge in [-0.1, -0.05) is 61.2 Å². The Morgan fingerprint density at radius 3 is 2.59 bits per heavy atom. The van der Waals surface area contributed by atoms with Crippen LogP contribution >= 0.6 is 11.6 Å². The summed E-state index contributed by atoms with van der Waals surface area (Å²) in [6.45, 7) is 0.173. The molecule has 2 unspecified atom stereocenters. The summed E-state index contributed by atoms with van der Waals surface area (Å²) in [5, 5.41) is 1.76. The van der Waals surface area contributed by atoms with Gasteiger partial charge in [0.1, 0.15) is 12.6 Å². The van der Waals surface area contributed by atoms with Gasteiger partial charge < -0.3 is 14.8 Å². The molecule has 2 amide bonds. The third-order valence-electron chi connectivity index (χ3n) is 7.47. The lowest BCUT2D eigenvalue weighted by atomic mass is 9.85. The molecule has 3 aliphatic rings. The Balaban J connectivity index is 1.49. The van der Waals surface area contributed by atoms with Crippen molar-refractivity contribution >= 4 is 34.3 Å². The van der Waals surface area contributed by atoms with E-state index in [2.05, 4.69) is 17.1 Å². The molecule has 1 N–H and O–H groups in total. The van der Waals surface area contributed by atoms with E-state index in [1.807, 2.05) is 46.2 Å². The summed E-state index contributed by atoms with van der Waals surface area (Å²) in [6.07, 6.45) is 6.04. The minimum Gasteiger partial charge on any atom is -0.356 e. The van der Waals surface area contributed by atoms with Gasteiger partial charge in [-0.15, -0.1) is 0 Å². The number of hydrogen-bond acceptors (Lipinski definition) is 2. The van der Waals surface area contributed by atoms with Crippen molar-refractivity contribution in [3.63, 3.8) is 0 Å². The number of hydrogen-bond donors (Lipinski definition) is 1. The summed E-state index contributed by atoms with van der Waals surface area (Å²) < 4.78 is 0. The quantitative estimate of drug-likeness (QED) is 0.611. The highest BCUT2D eigenvalue weighted by atomic mass is 35.5. The lowest BCUT2D eigenvalue weighted by molar-refractivity contribution is -0.161. The second-order valence-corrected chi connectivity index (χ2v) is 9.74. The first-order chi connectivity index (χ1) is 15.6. The monoisotopic (exact) mass is 447 g/mol. The van der Waals surface area contributed by atoms with Crippen molar-refractivity contribution in [3.05, 3.63) is 70.4 Å². The molecular weight excluding hydrogens is 422 g/mol. The normalized spacial score (nSPS) is 24.0. The first kappa shape index (κ1) is 19.9. The molecule has 1 saturated heterocycles. The number of H-pyrrole nitrogens is 1. The average molecular weight is 448 g/mol. The molecule has 3 heterocycles. The fourth-order valence-corrected chi connectivity index (χ4v) is 6.21. The number of nitrogens with zero attached hydrogens (tertiary/aromatic N) is 2. The van der Waals surface area contributed by atoms with Crippen molar-refractivity contribution in [1.82, 2.24) is 14.8 Å². The van der Waals surface area contributed by atoms with Crippen LogP contribution in [0.25, 0.3) is 10.9 Å². The molecule has 164 valence electrons. The summed E-state index contributed by atoms with van der Waals surface area (Å²) in [5.41, 5.74) is 4.10. The highest BCUT2D eigenvalue weighted by Crippen LogP contribution is 2.43. The van der Waals surface area contributed by atoms with Crippen molar-refractivity contribution in [2.75, 3.05) is 6.54 Å². The molecule has 2 atom stereocenters. The van der Waals surface area contributed by atoms with Gasteiger partial charge in [-0.25, -0.2) is 0 Å². The lowest BCUT2D eigenvalue weighted by Gasteiger charge is -2.49. The van der Waals surface area contributed by atoms with Crippen molar-refractivity contribution in [2.24, 2.45) is 0 Å². The van der Waals surface area contributed by atoms with Crippen molar-refractivity contribution < 1.29 is 9.59 Å². The Morgan fingerprint density at radius 2 is 1.78 bits per heavy atom. The Labute approximate surface area is 192 Å². The van der Waals surface area contributed by atoms with E-state index in [1.54, 1.807) is 0 Å². The maximum Gasteiger partial charge on any atom is 0.246 e. The van der Waals surface area contributed by atoms with E-state index in [0.717, 1.165) is 53.4 Å². The van der Waals surface area contributed by atoms with Gasteiger partial charge in [0.2, 0.25) is 11.8 Å². The molecule has 2 aliphatic heterocycles. The van der Waals surface area contributed by atoms with E-state index in [-0.39, 0.29) is 30.4 Å². The van der Waals surface area contributed by atoms with Crippen LogP contribution in [0.3, 0.4) is 0 Å². The van der Waals surface area contributed by atoms with E-state index in [4.69, 9.17) is 11.6 Å². The Kier molecular flexibility index (Phi) is 4.76. The Morgan fingerprint density at radius 1 is 0.969 bits per heavy atom. The second kappa shape index (κ2) is 7.66. The molecule has 0 radical (unpaired) electrons. The van der Waals surface area contributed by atoms with Crippen molar-refractivity contribution in [3.8, 4) is 0 Å². The number of aromatic amines is 1. The second-order valence-electron chi connectivity index (χ2n) is 9.30.